The van der Waals surface area contributed by atoms with Gasteiger partial charge in [-0.05, 0) is 25.0 Å². The Morgan fingerprint density at radius 2 is 1.73 bits per heavy atom. The summed E-state index contributed by atoms with van der Waals surface area (Å²) in [6, 6.07) is 5.80. The molecule has 0 fully saturated rings. The average Bonchev–Trinajstić information content (AvgIpc) is 2.45. The van der Waals surface area contributed by atoms with Crippen LogP contribution >= 0.6 is 12.4 Å². The number of carbonyl (C=O) groups excluding carboxylic acids is 2. The third kappa shape index (κ3) is 7.40. The van der Waals surface area contributed by atoms with E-state index in [1.165, 1.54) is 0 Å². The second-order valence-corrected chi connectivity index (χ2v) is 4.76. The number of ether oxygens (including phenoxy) is 1. The molecule has 7 heteroatoms. The van der Waals surface area contributed by atoms with Crippen molar-refractivity contribution >= 4 is 29.9 Å². The fourth-order valence-corrected chi connectivity index (χ4v) is 1.81. The van der Waals surface area contributed by atoms with Crippen LogP contribution in [0.25, 0.3) is 0 Å². The van der Waals surface area contributed by atoms with Crippen LogP contribution in [0.3, 0.4) is 0 Å². The van der Waals surface area contributed by atoms with Gasteiger partial charge in [-0.2, -0.15) is 0 Å². The van der Waals surface area contributed by atoms with Crippen molar-refractivity contribution in [3.05, 3.63) is 29.3 Å². The number of hydrogen-bond acceptors (Lipinski definition) is 4. The molecule has 0 aliphatic rings. The van der Waals surface area contributed by atoms with E-state index < -0.39 is 0 Å². The van der Waals surface area contributed by atoms with Gasteiger partial charge in [0.1, 0.15) is 0 Å². The van der Waals surface area contributed by atoms with Crippen LogP contribution in [0.15, 0.2) is 18.2 Å². The van der Waals surface area contributed by atoms with Gasteiger partial charge in [0.05, 0.1) is 19.7 Å². The quantitative estimate of drug-likeness (QED) is 0.622. The number of nitrogens with one attached hydrogen (secondary N) is 3. The van der Waals surface area contributed by atoms with E-state index in [0.29, 0.717) is 13.2 Å². The first-order valence-corrected chi connectivity index (χ1v) is 6.87. The van der Waals surface area contributed by atoms with Gasteiger partial charge in [0, 0.05) is 19.3 Å². The summed E-state index contributed by atoms with van der Waals surface area (Å²) >= 11 is 0. The zero-order valence-corrected chi connectivity index (χ0v) is 14.0. The zero-order valence-electron chi connectivity index (χ0n) is 13.2. The van der Waals surface area contributed by atoms with E-state index in [2.05, 4.69) is 16.0 Å². The normalized spacial score (nSPS) is 9.77. The Labute approximate surface area is 137 Å². The van der Waals surface area contributed by atoms with E-state index in [4.69, 9.17) is 4.74 Å². The van der Waals surface area contributed by atoms with Crippen LogP contribution in [0.1, 0.15) is 11.1 Å². The molecule has 3 N–H and O–H groups in total. The Hall–Kier alpha value is -1.63. The highest BCUT2D eigenvalue weighted by molar-refractivity contribution is 5.95. The maximum Gasteiger partial charge on any atom is 0.243 e. The molecule has 0 atom stereocenters. The summed E-state index contributed by atoms with van der Waals surface area (Å²) in [4.78, 5) is 23.3. The lowest BCUT2D eigenvalue weighted by molar-refractivity contribution is -0.123. The van der Waals surface area contributed by atoms with Crippen LogP contribution in [-0.2, 0) is 14.3 Å². The largest absolute Gasteiger partial charge is 0.383 e. The van der Waals surface area contributed by atoms with Crippen molar-refractivity contribution < 1.29 is 14.3 Å². The minimum Gasteiger partial charge on any atom is -0.383 e. The molecule has 0 unspecified atom stereocenters. The number of hydrogen-bond donors (Lipinski definition) is 3. The average molecular weight is 330 g/mol. The summed E-state index contributed by atoms with van der Waals surface area (Å²) < 4.78 is 4.85. The van der Waals surface area contributed by atoms with Gasteiger partial charge < -0.3 is 20.7 Å². The number of amides is 2. The van der Waals surface area contributed by atoms with Crippen LogP contribution < -0.4 is 16.0 Å². The minimum atomic E-state index is -0.238. The molecular weight excluding hydrogens is 306 g/mol. The molecule has 0 spiro atoms. The SMILES string of the molecule is COCCNCC(=O)NCC(=O)Nc1c(C)cccc1C.Cl. The van der Waals surface area contributed by atoms with E-state index in [1.54, 1.807) is 7.11 Å². The monoisotopic (exact) mass is 329 g/mol. The molecule has 0 bridgehead atoms. The summed E-state index contributed by atoms with van der Waals surface area (Å²) in [7, 11) is 1.60. The van der Waals surface area contributed by atoms with Gasteiger partial charge >= 0.3 is 0 Å². The molecule has 1 aromatic rings. The first-order chi connectivity index (χ1) is 10.0. The highest BCUT2D eigenvalue weighted by Crippen LogP contribution is 2.18. The molecule has 1 rings (SSSR count). The maximum atomic E-state index is 11.8. The van der Waals surface area contributed by atoms with Crippen LogP contribution in [0.4, 0.5) is 5.69 Å². The van der Waals surface area contributed by atoms with Crippen LogP contribution in [0.2, 0.25) is 0 Å². The number of anilines is 1. The molecule has 124 valence electrons. The Morgan fingerprint density at radius 3 is 2.32 bits per heavy atom. The molecule has 0 aliphatic heterocycles. The van der Waals surface area contributed by atoms with Gasteiger partial charge in [-0.15, -0.1) is 12.4 Å². The highest BCUT2D eigenvalue weighted by Gasteiger charge is 2.08. The van der Waals surface area contributed by atoms with Crippen LogP contribution in [-0.4, -0.2) is 45.2 Å². The number of halogens is 1. The molecular formula is C15H24ClN3O3. The summed E-state index contributed by atoms with van der Waals surface area (Å²) in [5, 5.41) is 8.29. The molecule has 0 saturated carbocycles. The topological polar surface area (TPSA) is 79.5 Å². The van der Waals surface area contributed by atoms with Gasteiger partial charge in [-0.1, -0.05) is 18.2 Å². The molecule has 0 heterocycles. The van der Waals surface area contributed by atoms with Crippen LogP contribution in [0, 0.1) is 13.8 Å². The molecule has 0 aliphatic carbocycles. The van der Waals surface area contributed by atoms with Crippen molar-refractivity contribution in [2.24, 2.45) is 0 Å². The van der Waals surface area contributed by atoms with E-state index in [9.17, 15) is 9.59 Å². The number of benzene rings is 1. The zero-order chi connectivity index (χ0) is 15.7. The molecule has 6 nitrogen and oxygen atoms in total. The number of carbonyl (C=O) groups is 2. The van der Waals surface area contributed by atoms with Crippen molar-refractivity contribution in [3.8, 4) is 0 Å². The standard InChI is InChI=1S/C15H23N3O3.ClH/c1-11-5-4-6-12(2)15(11)18-14(20)10-17-13(19)9-16-7-8-21-3;/h4-6,16H,7-10H2,1-3H3,(H,17,19)(H,18,20);1H. The Bertz CT molecular complexity index is 475. The molecule has 2 amide bonds. The van der Waals surface area contributed by atoms with Gasteiger partial charge in [0.15, 0.2) is 0 Å². The molecule has 0 saturated heterocycles. The Balaban J connectivity index is 0.00000441. The maximum absolute atomic E-state index is 11.8. The molecule has 1 aromatic carbocycles. The van der Waals surface area contributed by atoms with Crippen molar-refractivity contribution in [2.45, 2.75) is 13.8 Å². The van der Waals surface area contributed by atoms with Crippen molar-refractivity contribution in [1.29, 1.82) is 0 Å². The Morgan fingerprint density at radius 1 is 1.09 bits per heavy atom. The Kier molecular flexibility index (Phi) is 10.2. The fraction of sp³-hybridized carbons (Fsp3) is 0.467. The van der Waals surface area contributed by atoms with E-state index in [0.717, 1.165) is 16.8 Å². The lowest BCUT2D eigenvalue weighted by atomic mass is 10.1. The van der Waals surface area contributed by atoms with Crippen molar-refractivity contribution in [3.63, 3.8) is 0 Å². The fourth-order valence-electron chi connectivity index (χ4n) is 1.81. The summed E-state index contributed by atoms with van der Waals surface area (Å²) in [6.45, 7) is 5.12. The summed E-state index contributed by atoms with van der Waals surface area (Å²) in [6.07, 6.45) is 0. The predicted molar refractivity (Wildman–Crippen MR) is 89.5 cm³/mol. The molecule has 0 aromatic heterocycles. The second kappa shape index (κ2) is 11.0. The third-order valence-electron chi connectivity index (χ3n) is 2.96. The van der Waals surface area contributed by atoms with Crippen molar-refractivity contribution in [1.82, 2.24) is 10.6 Å². The second-order valence-electron chi connectivity index (χ2n) is 4.76. The van der Waals surface area contributed by atoms with Crippen molar-refractivity contribution in [2.75, 3.05) is 38.7 Å². The third-order valence-corrected chi connectivity index (χ3v) is 2.96. The van der Waals surface area contributed by atoms with Gasteiger partial charge in [-0.25, -0.2) is 0 Å². The predicted octanol–water partition coefficient (Wildman–Crippen LogP) is 1.02. The van der Waals surface area contributed by atoms with E-state index >= 15 is 0 Å². The lowest BCUT2D eigenvalue weighted by Crippen LogP contribution is -2.39. The summed E-state index contributed by atoms with van der Waals surface area (Å²) in [5.41, 5.74) is 2.79. The first kappa shape index (κ1) is 20.4. The van der Waals surface area contributed by atoms with Gasteiger partial charge in [0.25, 0.3) is 0 Å². The van der Waals surface area contributed by atoms with Gasteiger partial charge in [0.2, 0.25) is 11.8 Å². The molecule has 0 radical (unpaired) electrons. The number of aryl methyl sites for hydroxylation is 2. The van der Waals surface area contributed by atoms with E-state index in [-0.39, 0.29) is 37.3 Å². The van der Waals surface area contributed by atoms with Gasteiger partial charge in [-0.3, -0.25) is 9.59 Å². The lowest BCUT2D eigenvalue weighted by Gasteiger charge is -2.12. The number of para-hydroxylation sites is 1. The molecule has 22 heavy (non-hydrogen) atoms. The minimum absolute atomic E-state index is 0. The first-order valence-electron chi connectivity index (χ1n) is 6.87. The van der Waals surface area contributed by atoms with Crippen LogP contribution in [0.5, 0.6) is 0 Å². The number of methoxy groups -OCH3 is 1. The van der Waals surface area contributed by atoms with E-state index in [1.807, 2.05) is 32.0 Å². The number of rotatable bonds is 8. The summed E-state index contributed by atoms with van der Waals surface area (Å²) in [5.74, 6) is -0.458. The smallest absolute Gasteiger partial charge is 0.243 e. The highest BCUT2D eigenvalue weighted by atomic mass is 35.5.